The molecule has 18 heavy (non-hydrogen) atoms. The quantitative estimate of drug-likeness (QED) is 0.771. The molecule has 0 aromatic carbocycles. The van der Waals surface area contributed by atoms with Gasteiger partial charge in [-0.15, -0.1) is 0 Å². The maximum absolute atomic E-state index is 11.9. The van der Waals surface area contributed by atoms with Gasteiger partial charge in [0.15, 0.2) is 5.82 Å². The van der Waals surface area contributed by atoms with E-state index in [0.29, 0.717) is 11.7 Å². The van der Waals surface area contributed by atoms with Crippen molar-refractivity contribution in [3.05, 3.63) is 11.7 Å². The molecular formula is C10H18N4O3S. The summed E-state index contributed by atoms with van der Waals surface area (Å²) in [5, 5.41) is 6.84. The maximum atomic E-state index is 11.9. The van der Waals surface area contributed by atoms with Crippen molar-refractivity contribution in [2.24, 2.45) is 5.92 Å². The Morgan fingerprint density at radius 2 is 2.39 bits per heavy atom. The predicted molar refractivity (Wildman–Crippen MR) is 65.3 cm³/mol. The first kappa shape index (κ1) is 13.4. The lowest BCUT2D eigenvalue weighted by molar-refractivity contribution is 0.386. The molecule has 1 saturated heterocycles. The van der Waals surface area contributed by atoms with Crippen LogP contribution in [0.4, 0.5) is 0 Å². The molecule has 8 heteroatoms. The Morgan fingerprint density at radius 3 is 3.00 bits per heavy atom. The number of hydrogen-bond acceptors (Lipinski definition) is 6. The average molecular weight is 274 g/mol. The number of hydrogen-bond donors (Lipinski definition) is 2. The lowest BCUT2D eigenvalue weighted by atomic mass is 10.0. The summed E-state index contributed by atoms with van der Waals surface area (Å²) in [5.41, 5.74) is 0. The van der Waals surface area contributed by atoms with E-state index in [1.807, 2.05) is 0 Å². The third-order valence-electron chi connectivity index (χ3n) is 2.87. The van der Waals surface area contributed by atoms with Crippen LogP contribution in [0.1, 0.15) is 24.6 Å². The second-order valence-electron chi connectivity index (χ2n) is 4.54. The fourth-order valence-electron chi connectivity index (χ4n) is 2.02. The third kappa shape index (κ3) is 4.04. The van der Waals surface area contributed by atoms with Crippen molar-refractivity contribution in [2.45, 2.75) is 26.3 Å². The van der Waals surface area contributed by atoms with Crippen LogP contribution in [0.15, 0.2) is 4.52 Å². The minimum Gasteiger partial charge on any atom is -0.340 e. The van der Waals surface area contributed by atoms with Gasteiger partial charge in [-0.25, -0.2) is 13.1 Å². The van der Waals surface area contributed by atoms with E-state index in [0.717, 1.165) is 25.9 Å². The molecule has 1 aliphatic rings. The van der Waals surface area contributed by atoms with E-state index >= 15 is 0 Å². The van der Waals surface area contributed by atoms with Crippen LogP contribution in [-0.4, -0.2) is 37.4 Å². The van der Waals surface area contributed by atoms with Crippen LogP contribution in [0.5, 0.6) is 0 Å². The molecule has 1 atom stereocenters. The van der Waals surface area contributed by atoms with E-state index in [1.54, 1.807) is 6.92 Å². The molecule has 0 spiro atoms. The van der Waals surface area contributed by atoms with Gasteiger partial charge in [0.05, 0.1) is 12.3 Å². The van der Waals surface area contributed by atoms with Gasteiger partial charge >= 0.3 is 0 Å². The Bertz CT molecular complexity index is 479. The van der Waals surface area contributed by atoms with Crippen molar-refractivity contribution in [1.82, 2.24) is 20.2 Å². The fourth-order valence-corrected chi connectivity index (χ4v) is 3.40. The van der Waals surface area contributed by atoms with E-state index in [-0.39, 0.29) is 18.2 Å². The number of rotatable bonds is 5. The summed E-state index contributed by atoms with van der Waals surface area (Å²) < 4.78 is 31.0. The minimum absolute atomic E-state index is 0.0832. The van der Waals surface area contributed by atoms with Crippen molar-refractivity contribution in [3.8, 4) is 0 Å². The molecule has 0 saturated carbocycles. The van der Waals surface area contributed by atoms with Crippen LogP contribution in [-0.2, 0) is 16.6 Å². The highest BCUT2D eigenvalue weighted by Gasteiger charge is 2.21. The zero-order valence-electron chi connectivity index (χ0n) is 10.3. The summed E-state index contributed by atoms with van der Waals surface area (Å²) in [6, 6.07) is 0. The standard InChI is InChI=1S/C10H18N4O3S/c1-8-13-10(14-17-8)6-12-18(15,16)7-9-3-2-4-11-5-9/h9,11-12H,2-7H2,1H3. The molecule has 0 amide bonds. The van der Waals surface area contributed by atoms with Gasteiger partial charge in [0.1, 0.15) is 0 Å². The lowest BCUT2D eigenvalue weighted by Gasteiger charge is -2.22. The van der Waals surface area contributed by atoms with Crippen LogP contribution in [0.3, 0.4) is 0 Å². The molecular weight excluding hydrogens is 256 g/mol. The Labute approximate surface area is 106 Å². The zero-order valence-corrected chi connectivity index (χ0v) is 11.2. The molecule has 0 bridgehead atoms. The Balaban J connectivity index is 1.83. The molecule has 2 rings (SSSR count). The molecule has 1 unspecified atom stereocenters. The summed E-state index contributed by atoms with van der Waals surface area (Å²) >= 11 is 0. The molecule has 1 fully saturated rings. The number of piperidine rings is 1. The maximum Gasteiger partial charge on any atom is 0.223 e. The summed E-state index contributed by atoms with van der Waals surface area (Å²) in [5.74, 6) is 1.12. The molecule has 102 valence electrons. The van der Waals surface area contributed by atoms with Crippen molar-refractivity contribution >= 4 is 10.0 Å². The van der Waals surface area contributed by atoms with Gasteiger partial charge in [-0.2, -0.15) is 4.98 Å². The number of sulfonamides is 1. The number of aromatic nitrogens is 2. The normalized spacial score (nSPS) is 21.1. The molecule has 2 heterocycles. The molecule has 0 radical (unpaired) electrons. The fraction of sp³-hybridized carbons (Fsp3) is 0.800. The second kappa shape index (κ2) is 5.77. The lowest BCUT2D eigenvalue weighted by Crippen LogP contribution is -2.37. The predicted octanol–water partition coefficient (Wildman–Crippen LogP) is -0.203. The van der Waals surface area contributed by atoms with Crippen molar-refractivity contribution < 1.29 is 12.9 Å². The topological polar surface area (TPSA) is 97.1 Å². The van der Waals surface area contributed by atoms with Gasteiger partial charge in [0, 0.05) is 6.92 Å². The van der Waals surface area contributed by atoms with Gasteiger partial charge in [0.25, 0.3) is 0 Å². The first-order valence-electron chi connectivity index (χ1n) is 6.02. The molecule has 7 nitrogen and oxygen atoms in total. The van der Waals surface area contributed by atoms with Crippen molar-refractivity contribution in [2.75, 3.05) is 18.8 Å². The molecule has 1 aromatic rings. The average Bonchev–Trinajstić information content (AvgIpc) is 2.74. The summed E-state index contributed by atoms with van der Waals surface area (Å²) in [6.45, 7) is 3.49. The second-order valence-corrected chi connectivity index (χ2v) is 6.40. The van der Waals surface area contributed by atoms with Crippen LogP contribution in [0.2, 0.25) is 0 Å². The molecule has 0 aliphatic carbocycles. The highest BCUT2D eigenvalue weighted by Crippen LogP contribution is 2.12. The molecule has 1 aliphatic heterocycles. The van der Waals surface area contributed by atoms with E-state index in [9.17, 15) is 8.42 Å². The van der Waals surface area contributed by atoms with E-state index in [1.165, 1.54) is 0 Å². The van der Waals surface area contributed by atoms with E-state index in [2.05, 4.69) is 20.2 Å². The monoisotopic (exact) mass is 274 g/mol. The number of aryl methyl sites for hydroxylation is 1. The number of nitrogens with zero attached hydrogens (tertiary/aromatic N) is 2. The van der Waals surface area contributed by atoms with Gasteiger partial charge < -0.3 is 9.84 Å². The summed E-state index contributed by atoms with van der Waals surface area (Å²) in [6.07, 6.45) is 1.99. The Kier molecular flexibility index (Phi) is 4.31. The Hall–Kier alpha value is -0.990. The van der Waals surface area contributed by atoms with Crippen molar-refractivity contribution in [1.29, 1.82) is 0 Å². The highest BCUT2D eigenvalue weighted by atomic mass is 32.2. The van der Waals surface area contributed by atoms with Gasteiger partial charge in [-0.05, 0) is 31.8 Å². The minimum atomic E-state index is -3.28. The summed E-state index contributed by atoms with van der Waals surface area (Å²) in [7, 11) is -3.28. The Morgan fingerprint density at radius 1 is 1.56 bits per heavy atom. The molecule has 2 N–H and O–H groups in total. The summed E-state index contributed by atoms with van der Waals surface area (Å²) in [4.78, 5) is 3.94. The first-order valence-corrected chi connectivity index (χ1v) is 7.67. The third-order valence-corrected chi connectivity index (χ3v) is 4.37. The molecule has 1 aromatic heterocycles. The smallest absolute Gasteiger partial charge is 0.223 e. The van der Waals surface area contributed by atoms with Crippen LogP contribution >= 0.6 is 0 Å². The van der Waals surface area contributed by atoms with Crippen LogP contribution in [0.25, 0.3) is 0 Å². The van der Waals surface area contributed by atoms with Gasteiger partial charge in [0.2, 0.25) is 15.9 Å². The zero-order chi connectivity index (χ0) is 13.0. The number of nitrogens with one attached hydrogen (secondary N) is 2. The largest absolute Gasteiger partial charge is 0.340 e. The van der Waals surface area contributed by atoms with E-state index < -0.39 is 10.0 Å². The highest BCUT2D eigenvalue weighted by molar-refractivity contribution is 7.89. The van der Waals surface area contributed by atoms with Gasteiger partial charge in [-0.1, -0.05) is 5.16 Å². The van der Waals surface area contributed by atoms with Crippen LogP contribution < -0.4 is 10.0 Å². The van der Waals surface area contributed by atoms with Crippen molar-refractivity contribution in [3.63, 3.8) is 0 Å². The SMILES string of the molecule is Cc1nc(CNS(=O)(=O)CC2CCCNC2)no1. The van der Waals surface area contributed by atoms with Crippen LogP contribution in [0, 0.1) is 12.8 Å². The van der Waals surface area contributed by atoms with Gasteiger partial charge in [-0.3, -0.25) is 0 Å². The first-order chi connectivity index (χ1) is 8.55. The van der Waals surface area contributed by atoms with E-state index in [4.69, 9.17) is 4.52 Å².